The van der Waals surface area contributed by atoms with Crippen LogP contribution in [0.25, 0.3) is 10.9 Å². The Morgan fingerprint density at radius 3 is 2.34 bits per heavy atom. The van der Waals surface area contributed by atoms with Gasteiger partial charge in [-0.2, -0.15) is 0 Å². The van der Waals surface area contributed by atoms with Crippen molar-refractivity contribution in [2.45, 2.75) is 173 Å². The molecule has 5 heterocycles. The molecule has 3 saturated heterocycles. The Labute approximate surface area is 422 Å². The molecule has 0 amide bonds. The topological polar surface area (TPSA) is 145 Å². The number of carbonyl (C=O) groups excluding carboxylic acids is 4. The Morgan fingerprint density at radius 2 is 1.68 bits per heavy atom. The maximum absolute atomic E-state index is 16.3. The van der Waals surface area contributed by atoms with Crippen molar-refractivity contribution in [1.82, 2.24) is 9.47 Å². The number of anilines is 1. The fourth-order valence-electron chi connectivity index (χ4n) is 14.4. The van der Waals surface area contributed by atoms with Gasteiger partial charge in [0.15, 0.2) is 0 Å². The van der Waals surface area contributed by atoms with Crippen molar-refractivity contribution in [2.24, 2.45) is 28.1 Å². The molecular formula is C57H74FN3O9S. The molecule has 3 aromatic rings. The molecule has 2 aliphatic carbocycles. The van der Waals surface area contributed by atoms with Crippen LogP contribution in [0.3, 0.4) is 0 Å². The van der Waals surface area contributed by atoms with Crippen LogP contribution in [0.4, 0.5) is 10.1 Å². The van der Waals surface area contributed by atoms with E-state index in [1.54, 1.807) is 48.2 Å². The number of esters is 3. The number of pyridine rings is 1. The summed E-state index contributed by atoms with van der Waals surface area (Å²) in [5, 5.41) is 10.6. The standard InChI is InChI=1S/C57H74FN3O9S/c1-9-23-57-24-20-44(63)51(57)55(5,6)45(68-46(64)32-71-39-27-36-17-18-37(28-39)59(36)8)30-56(7,10-2)52(34(57)4)70-54(67)50(35-14-12-11-13-15-35)69-53(66)42-31-61-33(3)16-19-40-47(61)41(49(42)65)29-43(58)48(40)60-25-21-38(62)22-26-60/h10-15,29,31,33-34,36-39,45,50-52,62H,2,9,16-28,30,32H2,1,3-8H3/t33?,34-,36?,37?,39?,45+,50?,51?,52-,56+,57?/m1/s1. The number of fused-ring (bicyclic) bond motifs is 3. The van der Waals surface area contributed by atoms with Gasteiger partial charge in [-0.25, -0.2) is 14.0 Å². The van der Waals surface area contributed by atoms with E-state index < -0.39 is 75.7 Å². The second kappa shape index (κ2) is 20.1. The van der Waals surface area contributed by atoms with Gasteiger partial charge in [-0.1, -0.05) is 77.4 Å². The first-order valence-electron chi connectivity index (χ1n) is 26.3. The van der Waals surface area contributed by atoms with E-state index >= 15 is 9.18 Å². The van der Waals surface area contributed by atoms with Crippen LogP contribution in [-0.2, 0) is 35.0 Å². The van der Waals surface area contributed by atoms with Crippen molar-refractivity contribution in [3.63, 3.8) is 0 Å². The number of halogens is 1. The van der Waals surface area contributed by atoms with Crippen LogP contribution in [0.2, 0.25) is 0 Å². The van der Waals surface area contributed by atoms with Gasteiger partial charge in [0.25, 0.3) is 0 Å². The van der Waals surface area contributed by atoms with Gasteiger partial charge in [0, 0.05) is 88.3 Å². The normalized spacial score (nSPS) is 32.1. The zero-order chi connectivity index (χ0) is 50.7. The summed E-state index contributed by atoms with van der Waals surface area (Å²) in [6, 6.07) is 10.7. The van der Waals surface area contributed by atoms with Gasteiger partial charge >= 0.3 is 17.9 Å². The summed E-state index contributed by atoms with van der Waals surface area (Å²) < 4.78 is 37.7. The maximum atomic E-state index is 16.3. The van der Waals surface area contributed by atoms with Crippen LogP contribution in [0.5, 0.6) is 0 Å². The Balaban J connectivity index is 1.03. The number of ether oxygens (including phenoxy) is 3. The zero-order valence-electron chi connectivity index (χ0n) is 42.8. The van der Waals surface area contributed by atoms with Crippen LogP contribution in [-0.4, -0.2) is 99.8 Å². The molecule has 2 bridgehead atoms. The third-order valence-corrected chi connectivity index (χ3v) is 19.6. The average Bonchev–Trinajstić information content (AvgIpc) is 3.78. The summed E-state index contributed by atoms with van der Waals surface area (Å²) in [6.07, 6.45) is 8.77. The molecule has 12 nitrogen and oxygen atoms in total. The second-order valence-corrected chi connectivity index (χ2v) is 24.1. The van der Waals surface area contributed by atoms with Gasteiger partial charge < -0.3 is 33.7 Å². The van der Waals surface area contributed by atoms with Crippen LogP contribution in [0.1, 0.15) is 152 Å². The first-order valence-corrected chi connectivity index (χ1v) is 27.4. The number of aryl methyl sites for hydroxylation is 1. The number of rotatable bonds is 13. The van der Waals surface area contributed by atoms with Gasteiger partial charge in [0.05, 0.1) is 23.1 Å². The van der Waals surface area contributed by atoms with Crippen molar-refractivity contribution in [1.29, 1.82) is 0 Å². The number of thioether (sulfide) groups is 1. The molecule has 2 saturated carbocycles. The Kier molecular flexibility index (Phi) is 14.5. The summed E-state index contributed by atoms with van der Waals surface area (Å²) in [5.41, 5.74) is -1.45. The number of aliphatic hydroxyl groups excluding tert-OH is 1. The first-order chi connectivity index (χ1) is 33.8. The molecular weight excluding hydrogens is 922 g/mol. The smallest absolute Gasteiger partial charge is 0.352 e. The van der Waals surface area contributed by atoms with Crippen molar-refractivity contribution in [2.75, 3.05) is 30.8 Å². The lowest BCUT2D eigenvalue weighted by atomic mass is 9.50. The van der Waals surface area contributed by atoms with Gasteiger partial charge in [-0.3, -0.25) is 14.4 Å². The minimum atomic E-state index is -1.62. The van der Waals surface area contributed by atoms with E-state index in [-0.39, 0.29) is 40.9 Å². The van der Waals surface area contributed by atoms with Crippen LogP contribution in [0.15, 0.2) is 60.0 Å². The predicted molar refractivity (Wildman–Crippen MR) is 274 cm³/mol. The van der Waals surface area contributed by atoms with Gasteiger partial charge in [0.2, 0.25) is 11.5 Å². The van der Waals surface area contributed by atoms with Crippen molar-refractivity contribution in [3.8, 4) is 0 Å². The summed E-state index contributed by atoms with van der Waals surface area (Å²) in [7, 11) is 2.20. The Bertz CT molecular complexity index is 2600. The quantitative estimate of drug-likeness (QED) is 0.0989. The molecule has 14 heteroatoms. The highest BCUT2D eigenvalue weighted by Gasteiger charge is 2.64. The number of aromatic nitrogens is 1. The van der Waals surface area contributed by atoms with E-state index in [0.29, 0.717) is 97.7 Å². The SMILES string of the molecule is C=C[C@@]1(C)C[C@H](OC(=O)CSC2CC3CCC(C2)N3C)C(C)(C)C2C(=O)CCC2(CCC)[C@H](C)[C@H]1OC(=O)C(OC(=O)c1cn2c3c(c(N4CCC(O)CC4)c(F)cc3c1=O)CCC2C)c1ccccc1. The third kappa shape index (κ3) is 9.29. The molecule has 0 spiro atoms. The molecule has 1 N–H and O–H groups in total. The molecule has 384 valence electrons. The Hall–Kier alpha value is -4.53. The van der Waals surface area contributed by atoms with E-state index in [0.717, 1.165) is 19.3 Å². The third-order valence-electron chi connectivity index (χ3n) is 18.3. The van der Waals surface area contributed by atoms with Gasteiger partial charge in [-0.05, 0) is 96.1 Å². The molecule has 10 atom stereocenters. The highest BCUT2D eigenvalue weighted by Crippen LogP contribution is 2.63. The molecule has 6 aliphatic rings. The zero-order valence-corrected chi connectivity index (χ0v) is 43.6. The largest absolute Gasteiger partial charge is 0.461 e. The predicted octanol–water partition coefficient (Wildman–Crippen LogP) is 9.71. The van der Waals surface area contributed by atoms with E-state index in [2.05, 4.69) is 46.2 Å². The fourth-order valence-corrected chi connectivity index (χ4v) is 15.5. The molecule has 5 fully saturated rings. The van der Waals surface area contributed by atoms with E-state index in [1.165, 1.54) is 25.1 Å². The molecule has 2 aromatic carbocycles. The number of piperidine rings is 2. The molecule has 4 aliphatic heterocycles. The summed E-state index contributed by atoms with van der Waals surface area (Å²) >= 11 is 1.67. The van der Waals surface area contributed by atoms with Gasteiger partial charge in [0.1, 0.15) is 29.4 Å². The van der Waals surface area contributed by atoms with Crippen molar-refractivity contribution >= 4 is 52.0 Å². The number of ketones is 1. The molecule has 1 aromatic heterocycles. The Morgan fingerprint density at radius 1 is 0.986 bits per heavy atom. The molecule has 71 heavy (non-hydrogen) atoms. The number of aliphatic hydroxyl groups is 1. The van der Waals surface area contributed by atoms with Crippen LogP contribution >= 0.6 is 11.8 Å². The minimum Gasteiger partial charge on any atom is -0.461 e. The number of benzene rings is 2. The molecule has 6 unspecified atom stereocenters. The average molecular weight is 996 g/mol. The second-order valence-electron chi connectivity index (χ2n) is 22.9. The number of nitrogens with zero attached hydrogens (tertiary/aromatic N) is 3. The summed E-state index contributed by atoms with van der Waals surface area (Å²) in [6.45, 7) is 17.5. The molecule has 0 radical (unpaired) electrons. The van der Waals surface area contributed by atoms with E-state index in [4.69, 9.17) is 14.2 Å². The lowest BCUT2D eigenvalue weighted by Crippen LogP contribution is -2.59. The highest BCUT2D eigenvalue weighted by molar-refractivity contribution is 8.00. The fraction of sp³-hybridized carbons (Fsp3) is 0.632. The highest BCUT2D eigenvalue weighted by atomic mass is 32.2. The number of hydrogen-bond donors (Lipinski definition) is 1. The van der Waals surface area contributed by atoms with E-state index in [1.807, 2.05) is 23.3 Å². The minimum absolute atomic E-state index is 0.0515. The lowest BCUT2D eigenvalue weighted by molar-refractivity contribution is -0.196. The number of carbonyl (C=O) groups is 4. The van der Waals surface area contributed by atoms with E-state index in [9.17, 15) is 24.3 Å². The lowest BCUT2D eigenvalue weighted by Gasteiger charge is -2.56. The number of Topliss-reactive ketones (excluding diaryl/α,β-unsaturated/α-hetero) is 1. The molecule has 9 rings (SSSR count). The summed E-state index contributed by atoms with van der Waals surface area (Å²) in [4.78, 5) is 77.2. The van der Waals surface area contributed by atoms with Crippen molar-refractivity contribution < 1.29 is 42.9 Å². The summed E-state index contributed by atoms with van der Waals surface area (Å²) in [5.74, 6) is -3.40. The monoisotopic (exact) mass is 996 g/mol. The first kappa shape index (κ1) is 51.4. The van der Waals surface area contributed by atoms with Crippen LogP contribution in [0, 0.1) is 33.9 Å². The van der Waals surface area contributed by atoms with Crippen LogP contribution < -0.4 is 10.3 Å². The van der Waals surface area contributed by atoms with Crippen molar-refractivity contribution in [3.05, 3.63) is 88.0 Å². The number of hydrogen-bond acceptors (Lipinski definition) is 12. The maximum Gasteiger partial charge on any atom is 0.352 e. The van der Waals surface area contributed by atoms with Gasteiger partial charge in [-0.15, -0.1) is 18.3 Å².